The number of amides is 1. The minimum Gasteiger partial charge on any atom is -0.342 e. The van der Waals surface area contributed by atoms with Crippen molar-refractivity contribution in [3.8, 4) is 0 Å². The van der Waals surface area contributed by atoms with Crippen molar-refractivity contribution in [2.75, 3.05) is 0 Å². The normalized spacial score (nSPS) is 21.3. The Morgan fingerprint density at radius 3 is 2.67 bits per heavy atom. The monoisotopic (exact) mass is 223 g/mol. The number of halogens is 1. The molecule has 15 heavy (non-hydrogen) atoms. The topological polar surface area (TPSA) is 46.2 Å². The second-order valence-corrected chi connectivity index (χ2v) is 3.90. The summed E-state index contributed by atoms with van der Waals surface area (Å²) in [5, 5.41) is 3.16. The van der Waals surface area contributed by atoms with Crippen LogP contribution in [0.1, 0.15) is 24.4 Å². The van der Waals surface area contributed by atoms with Crippen molar-refractivity contribution < 1.29 is 9.59 Å². The molecule has 0 radical (unpaired) electrons. The Bertz CT molecular complexity index is 417. The van der Waals surface area contributed by atoms with Gasteiger partial charge in [-0.2, -0.15) is 0 Å². The fourth-order valence-electron chi connectivity index (χ4n) is 1.66. The Labute approximate surface area is 92.4 Å². The number of hydrogen-bond donors (Lipinski definition) is 1. The zero-order chi connectivity index (χ0) is 10.8. The number of Topliss-reactive ketones (excluding diaryl/α,β-unsaturated/α-hetero) is 1. The summed E-state index contributed by atoms with van der Waals surface area (Å²) < 4.78 is 0. The lowest BCUT2D eigenvalue weighted by Gasteiger charge is -2.23. The van der Waals surface area contributed by atoms with E-state index in [-0.39, 0.29) is 18.1 Å². The Morgan fingerprint density at radius 1 is 1.20 bits per heavy atom. The van der Waals surface area contributed by atoms with Gasteiger partial charge in [-0.3, -0.25) is 9.59 Å². The Balaban J connectivity index is 2.33. The average Bonchev–Trinajstić information content (AvgIpc) is 2.23. The minimum absolute atomic E-state index is 0.0164. The Hall–Kier alpha value is -1.35. The maximum absolute atomic E-state index is 11.6. The lowest BCUT2D eigenvalue weighted by molar-refractivity contribution is -0.132. The van der Waals surface area contributed by atoms with Gasteiger partial charge in [0.25, 0.3) is 0 Å². The van der Waals surface area contributed by atoms with Crippen molar-refractivity contribution in [1.82, 2.24) is 5.32 Å². The average molecular weight is 224 g/mol. The highest BCUT2D eigenvalue weighted by atomic mass is 35.5. The van der Waals surface area contributed by atoms with Gasteiger partial charge in [0.2, 0.25) is 5.91 Å². The molecule has 1 amide bonds. The lowest BCUT2D eigenvalue weighted by Crippen LogP contribution is -2.38. The van der Waals surface area contributed by atoms with E-state index in [1.165, 1.54) is 0 Å². The van der Waals surface area contributed by atoms with Crippen LogP contribution >= 0.6 is 11.6 Å². The molecule has 0 aromatic heterocycles. The van der Waals surface area contributed by atoms with Crippen LogP contribution in [0.2, 0.25) is 5.02 Å². The number of ketones is 1. The molecule has 1 heterocycles. The first-order valence-electron chi connectivity index (χ1n) is 4.75. The standard InChI is InChI=1S/C11H10ClNO2/c12-8-4-2-1-3-7(8)11-9(14)5-6-10(15)13-11/h1-4,11H,5-6H2,(H,13,15). The smallest absolute Gasteiger partial charge is 0.221 e. The second kappa shape index (κ2) is 4.03. The third kappa shape index (κ3) is 2.02. The third-order valence-corrected chi connectivity index (χ3v) is 2.79. The predicted octanol–water partition coefficient (Wildman–Crippen LogP) is 1.86. The molecule has 1 saturated heterocycles. The van der Waals surface area contributed by atoms with Crippen molar-refractivity contribution in [2.24, 2.45) is 0 Å². The molecule has 0 aliphatic carbocycles. The van der Waals surface area contributed by atoms with Crippen molar-refractivity contribution in [3.05, 3.63) is 34.9 Å². The highest BCUT2D eigenvalue weighted by molar-refractivity contribution is 6.31. The SMILES string of the molecule is O=C1CCC(=O)C(c2ccccc2Cl)N1. The van der Waals surface area contributed by atoms with E-state index in [0.29, 0.717) is 17.0 Å². The molecule has 3 nitrogen and oxygen atoms in total. The van der Waals surface area contributed by atoms with Crippen LogP contribution < -0.4 is 5.32 Å². The van der Waals surface area contributed by atoms with E-state index >= 15 is 0 Å². The van der Waals surface area contributed by atoms with Crippen LogP contribution in [-0.2, 0) is 9.59 Å². The van der Waals surface area contributed by atoms with E-state index in [1.54, 1.807) is 24.3 Å². The zero-order valence-electron chi connectivity index (χ0n) is 8.00. The van der Waals surface area contributed by atoms with Gasteiger partial charge >= 0.3 is 0 Å². The molecule has 1 fully saturated rings. The lowest BCUT2D eigenvalue weighted by atomic mass is 9.96. The van der Waals surface area contributed by atoms with Crippen molar-refractivity contribution in [3.63, 3.8) is 0 Å². The van der Waals surface area contributed by atoms with Crippen LogP contribution in [0.15, 0.2) is 24.3 Å². The molecule has 1 aliphatic rings. The number of hydrogen-bond acceptors (Lipinski definition) is 2. The highest BCUT2D eigenvalue weighted by Gasteiger charge is 2.28. The summed E-state index contributed by atoms with van der Waals surface area (Å²) in [5.74, 6) is -0.0813. The number of benzene rings is 1. The van der Waals surface area contributed by atoms with E-state index in [1.807, 2.05) is 0 Å². The molecule has 1 aliphatic heterocycles. The van der Waals surface area contributed by atoms with Gasteiger partial charge in [-0.1, -0.05) is 29.8 Å². The first-order valence-corrected chi connectivity index (χ1v) is 5.13. The van der Waals surface area contributed by atoms with Gasteiger partial charge in [-0.25, -0.2) is 0 Å². The maximum Gasteiger partial charge on any atom is 0.221 e. The molecule has 0 bridgehead atoms. The van der Waals surface area contributed by atoms with Gasteiger partial charge in [-0.05, 0) is 6.07 Å². The van der Waals surface area contributed by atoms with Gasteiger partial charge in [0.05, 0.1) is 0 Å². The van der Waals surface area contributed by atoms with Gasteiger partial charge in [-0.15, -0.1) is 0 Å². The summed E-state index contributed by atoms with van der Waals surface area (Å²) in [6.45, 7) is 0. The van der Waals surface area contributed by atoms with Gasteiger partial charge in [0.15, 0.2) is 5.78 Å². The van der Waals surface area contributed by atoms with Crippen LogP contribution in [0.5, 0.6) is 0 Å². The zero-order valence-corrected chi connectivity index (χ0v) is 8.75. The summed E-state index contributed by atoms with van der Waals surface area (Å²) >= 11 is 5.97. The van der Waals surface area contributed by atoms with Crippen molar-refractivity contribution in [2.45, 2.75) is 18.9 Å². The molecule has 2 rings (SSSR count). The number of carbonyl (C=O) groups excluding carboxylic acids is 2. The van der Waals surface area contributed by atoms with Crippen LogP contribution in [0.25, 0.3) is 0 Å². The maximum atomic E-state index is 11.6. The quantitative estimate of drug-likeness (QED) is 0.790. The van der Waals surface area contributed by atoms with E-state index in [4.69, 9.17) is 11.6 Å². The number of piperidine rings is 1. The summed E-state index contributed by atoms with van der Waals surface area (Å²) in [7, 11) is 0. The Morgan fingerprint density at radius 2 is 1.93 bits per heavy atom. The first kappa shape index (κ1) is 10.2. The summed E-state index contributed by atoms with van der Waals surface area (Å²) in [6.07, 6.45) is 0.571. The molecule has 1 aromatic rings. The molecule has 1 aromatic carbocycles. The molecule has 0 saturated carbocycles. The van der Waals surface area contributed by atoms with Crippen LogP contribution in [-0.4, -0.2) is 11.7 Å². The van der Waals surface area contributed by atoms with E-state index in [2.05, 4.69) is 5.32 Å². The van der Waals surface area contributed by atoms with Crippen molar-refractivity contribution >= 4 is 23.3 Å². The fraction of sp³-hybridized carbons (Fsp3) is 0.273. The molecule has 4 heteroatoms. The molecular weight excluding hydrogens is 214 g/mol. The second-order valence-electron chi connectivity index (χ2n) is 3.49. The van der Waals surface area contributed by atoms with Crippen molar-refractivity contribution in [1.29, 1.82) is 0 Å². The van der Waals surface area contributed by atoms with Gasteiger partial charge < -0.3 is 5.32 Å². The van der Waals surface area contributed by atoms with Crippen LogP contribution in [0, 0.1) is 0 Å². The Kier molecular flexibility index (Phi) is 2.73. The largest absolute Gasteiger partial charge is 0.342 e. The summed E-state index contributed by atoms with van der Waals surface area (Å²) in [4.78, 5) is 22.8. The molecule has 1 unspecified atom stereocenters. The predicted molar refractivity (Wildman–Crippen MR) is 56.6 cm³/mol. The summed E-state index contributed by atoms with van der Waals surface area (Å²) in [5.41, 5.74) is 0.678. The summed E-state index contributed by atoms with van der Waals surface area (Å²) in [6, 6.07) is 6.50. The van der Waals surface area contributed by atoms with Gasteiger partial charge in [0.1, 0.15) is 6.04 Å². The number of carbonyl (C=O) groups is 2. The fourth-order valence-corrected chi connectivity index (χ4v) is 1.90. The van der Waals surface area contributed by atoms with E-state index < -0.39 is 6.04 Å². The van der Waals surface area contributed by atoms with E-state index in [0.717, 1.165) is 0 Å². The molecule has 0 spiro atoms. The van der Waals surface area contributed by atoms with Crippen LogP contribution in [0.4, 0.5) is 0 Å². The molecule has 78 valence electrons. The first-order chi connectivity index (χ1) is 7.18. The molecule has 1 N–H and O–H groups in total. The minimum atomic E-state index is -0.569. The van der Waals surface area contributed by atoms with Gasteiger partial charge in [0, 0.05) is 23.4 Å². The molecule has 1 atom stereocenters. The highest BCUT2D eigenvalue weighted by Crippen LogP contribution is 2.26. The molecular formula is C11H10ClNO2. The number of rotatable bonds is 1. The third-order valence-electron chi connectivity index (χ3n) is 2.44. The van der Waals surface area contributed by atoms with Crippen LogP contribution in [0.3, 0.4) is 0 Å². The number of nitrogens with one attached hydrogen (secondary N) is 1. The van der Waals surface area contributed by atoms with E-state index in [9.17, 15) is 9.59 Å².